The lowest BCUT2D eigenvalue weighted by Gasteiger charge is -2.14. The summed E-state index contributed by atoms with van der Waals surface area (Å²) < 4.78 is 1.05. The van der Waals surface area contributed by atoms with Gasteiger partial charge in [-0.2, -0.15) is 0 Å². The van der Waals surface area contributed by atoms with Gasteiger partial charge in [0.25, 0.3) is 0 Å². The summed E-state index contributed by atoms with van der Waals surface area (Å²) in [5.74, 6) is -0.823. The molecule has 15 heavy (non-hydrogen) atoms. The molecule has 0 amide bonds. The fourth-order valence-electron chi connectivity index (χ4n) is 1.18. The lowest BCUT2D eigenvalue weighted by atomic mass is 10.2. The highest BCUT2D eigenvalue weighted by atomic mass is 127. The van der Waals surface area contributed by atoms with E-state index in [0.29, 0.717) is 5.02 Å². The topological polar surface area (TPSA) is 49.3 Å². The predicted molar refractivity (Wildman–Crippen MR) is 69.5 cm³/mol. The average molecular weight is 340 g/mol. The zero-order valence-electron chi connectivity index (χ0n) is 8.13. The van der Waals surface area contributed by atoms with Crippen LogP contribution in [-0.4, -0.2) is 17.1 Å². The van der Waals surface area contributed by atoms with Gasteiger partial charge in [-0.1, -0.05) is 11.6 Å². The van der Waals surface area contributed by atoms with Crippen molar-refractivity contribution in [3.8, 4) is 0 Å². The molecule has 0 aromatic heterocycles. The third kappa shape index (κ3) is 4.25. The van der Waals surface area contributed by atoms with Gasteiger partial charge in [0.05, 0.1) is 17.1 Å². The Morgan fingerprint density at radius 1 is 1.67 bits per heavy atom. The minimum Gasteiger partial charge on any atom is -0.481 e. The van der Waals surface area contributed by atoms with Crippen LogP contribution in [-0.2, 0) is 4.79 Å². The van der Waals surface area contributed by atoms with Gasteiger partial charge in [-0.15, -0.1) is 0 Å². The molecule has 3 nitrogen and oxygen atoms in total. The van der Waals surface area contributed by atoms with Crippen LogP contribution in [0.2, 0.25) is 5.02 Å². The minimum atomic E-state index is -0.823. The molecule has 0 saturated carbocycles. The maximum absolute atomic E-state index is 10.5. The maximum atomic E-state index is 10.5. The monoisotopic (exact) mass is 339 g/mol. The zero-order valence-corrected chi connectivity index (χ0v) is 11.0. The van der Waals surface area contributed by atoms with Crippen molar-refractivity contribution in [2.75, 3.05) is 5.32 Å². The lowest BCUT2D eigenvalue weighted by molar-refractivity contribution is -0.137. The molecule has 1 aromatic rings. The second kappa shape index (κ2) is 5.55. The molecule has 1 rings (SSSR count). The fourth-order valence-corrected chi connectivity index (χ4v) is 2.10. The Kier molecular flexibility index (Phi) is 4.66. The van der Waals surface area contributed by atoms with Crippen molar-refractivity contribution in [3.05, 3.63) is 26.8 Å². The Morgan fingerprint density at radius 2 is 2.33 bits per heavy atom. The summed E-state index contributed by atoms with van der Waals surface area (Å²) in [7, 11) is 0. The van der Waals surface area contributed by atoms with Crippen molar-refractivity contribution < 1.29 is 9.90 Å². The first kappa shape index (κ1) is 12.6. The van der Waals surface area contributed by atoms with E-state index in [0.717, 1.165) is 9.26 Å². The Hall–Kier alpha value is -0.490. The number of carboxylic acid groups (broad SMARTS) is 1. The van der Waals surface area contributed by atoms with Crippen molar-refractivity contribution in [1.29, 1.82) is 0 Å². The van der Waals surface area contributed by atoms with E-state index >= 15 is 0 Å². The number of hydrogen-bond donors (Lipinski definition) is 2. The number of halogens is 2. The van der Waals surface area contributed by atoms with Gasteiger partial charge in [0.2, 0.25) is 0 Å². The highest BCUT2D eigenvalue weighted by Crippen LogP contribution is 2.24. The summed E-state index contributed by atoms with van der Waals surface area (Å²) >= 11 is 8.16. The Balaban J connectivity index is 2.68. The average Bonchev–Trinajstić information content (AvgIpc) is 2.08. The second-order valence-corrected chi connectivity index (χ2v) is 4.92. The summed E-state index contributed by atoms with van der Waals surface area (Å²) in [6, 6.07) is 5.46. The normalized spacial score (nSPS) is 12.2. The van der Waals surface area contributed by atoms with Crippen LogP contribution in [0.1, 0.15) is 13.3 Å². The number of nitrogens with one attached hydrogen (secondary N) is 1. The van der Waals surface area contributed by atoms with Gasteiger partial charge in [0.15, 0.2) is 0 Å². The quantitative estimate of drug-likeness (QED) is 0.828. The second-order valence-electron chi connectivity index (χ2n) is 3.27. The number of rotatable bonds is 4. The maximum Gasteiger partial charge on any atom is 0.305 e. The minimum absolute atomic E-state index is 0.0717. The van der Waals surface area contributed by atoms with E-state index in [1.165, 1.54) is 0 Å². The van der Waals surface area contributed by atoms with E-state index in [-0.39, 0.29) is 12.5 Å². The van der Waals surface area contributed by atoms with Crippen LogP contribution in [0.3, 0.4) is 0 Å². The Morgan fingerprint density at radius 3 is 2.87 bits per heavy atom. The van der Waals surface area contributed by atoms with Crippen molar-refractivity contribution >= 4 is 45.8 Å². The van der Waals surface area contributed by atoms with Crippen LogP contribution >= 0.6 is 34.2 Å². The van der Waals surface area contributed by atoms with Gasteiger partial charge in [0, 0.05) is 9.61 Å². The molecule has 2 N–H and O–H groups in total. The number of anilines is 1. The summed E-state index contributed by atoms with van der Waals surface area (Å²) in [4.78, 5) is 10.5. The zero-order chi connectivity index (χ0) is 11.4. The number of hydrogen-bond acceptors (Lipinski definition) is 2. The van der Waals surface area contributed by atoms with Gasteiger partial charge in [-0.3, -0.25) is 4.79 Å². The largest absolute Gasteiger partial charge is 0.481 e. The van der Waals surface area contributed by atoms with Gasteiger partial charge in [-0.05, 0) is 47.7 Å². The molecule has 1 unspecified atom stereocenters. The molecule has 0 bridgehead atoms. The molecule has 1 atom stereocenters. The molecule has 0 aliphatic heterocycles. The molecular weight excluding hydrogens is 328 g/mol. The SMILES string of the molecule is CC(CC(=O)O)Nc1ccc(I)cc1Cl. The standard InChI is InChI=1S/C10H11ClINO2/c1-6(4-10(14)15)13-9-3-2-7(12)5-8(9)11/h2-3,5-6,13H,4H2,1H3,(H,14,15). The van der Waals surface area contributed by atoms with E-state index in [1.807, 2.05) is 25.1 Å². The van der Waals surface area contributed by atoms with Crippen LogP contribution in [0.25, 0.3) is 0 Å². The van der Waals surface area contributed by atoms with Crippen LogP contribution in [0, 0.1) is 3.57 Å². The summed E-state index contributed by atoms with van der Waals surface area (Å²) in [6.45, 7) is 1.81. The number of carboxylic acids is 1. The third-order valence-corrected chi connectivity index (χ3v) is 2.80. The third-order valence-electron chi connectivity index (χ3n) is 1.81. The van der Waals surface area contributed by atoms with Crippen molar-refractivity contribution in [3.63, 3.8) is 0 Å². The Bertz CT molecular complexity index is 370. The number of aliphatic carboxylic acids is 1. The van der Waals surface area contributed by atoms with Crippen LogP contribution in [0.5, 0.6) is 0 Å². The summed E-state index contributed by atoms with van der Waals surface area (Å²) in [5.41, 5.74) is 0.769. The lowest BCUT2D eigenvalue weighted by Crippen LogP contribution is -2.19. The van der Waals surface area contributed by atoms with Crippen molar-refractivity contribution in [2.24, 2.45) is 0 Å². The van der Waals surface area contributed by atoms with Crippen molar-refractivity contribution in [2.45, 2.75) is 19.4 Å². The highest BCUT2D eigenvalue weighted by Gasteiger charge is 2.09. The fraction of sp³-hybridized carbons (Fsp3) is 0.300. The first-order chi connectivity index (χ1) is 6.99. The van der Waals surface area contributed by atoms with Crippen LogP contribution in [0.15, 0.2) is 18.2 Å². The Labute approximate surface area is 107 Å². The molecule has 0 aliphatic rings. The van der Waals surface area contributed by atoms with Gasteiger partial charge in [0.1, 0.15) is 0 Å². The van der Waals surface area contributed by atoms with Gasteiger partial charge >= 0.3 is 5.97 Å². The molecule has 0 fully saturated rings. The van der Waals surface area contributed by atoms with E-state index < -0.39 is 5.97 Å². The molecule has 0 heterocycles. The predicted octanol–water partition coefficient (Wildman–Crippen LogP) is 3.22. The molecule has 82 valence electrons. The molecule has 1 aromatic carbocycles. The molecule has 0 aliphatic carbocycles. The number of benzene rings is 1. The van der Waals surface area contributed by atoms with E-state index in [9.17, 15) is 4.79 Å². The number of carbonyl (C=O) groups is 1. The first-order valence-corrected chi connectivity index (χ1v) is 5.88. The summed E-state index contributed by atoms with van der Waals surface area (Å²) in [5, 5.41) is 12.3. The highest BCUT2D eigenvalue weighted by molar-refractivity contribution is 14.1. The van der Waals surface area contributed by atoms with Crippen LogP contribution in [0.4, 0.5) is 5.69 Å². The smallest absolute Gasteiger partial charge is 0.305 e. The van der Waals surface area contributed by atoms with E-state index in [2.05, 4.69) is 27.9 Å². The molecular formula is C10H11ClINO2. The van der Waals surface area contributed by atoms with Gasteiger partial charge in [-0.25, -0.2) is 0 Å². The van der Waals surface area contributed by atoms with Crippen molar-refractivity contribution in [1.82, 2.24) is 0 Å². The van der Waals surface area contributed by atoms with E-state index in [4.69, 9.17) is 16.7 Å². The molecule has 0 spiro atoms. The summed E-state index contributed by atoms with van der Waals surface area (Å²) in [6.07, 6.45) is 0.0717. The molecule has 0 radical (unpaired) electrons. The molecule has 0 saturated heterocycles. The first-order valence-electron chi connectivity index (χ1n) is 4.42. The molecule has 5 heteroatoms. The van der Waals surface area contributed by atoms with Crippen LogP contribution < -0.4 is 5.32 Å². The van der Waals surface area contributed by atoms with Gasteiger partial charge < -0.3 is 10.4 Å². The van der Waals surface area contributed by atoms with E-state index in [1.54, 1.807) is 0 Å².